The first kappa shape index (κ1) is 73.4. The van der Waals surface area contributed by atoms with Gasteiger partial charge in [0.2, 0.25) is 65.0 Å². The molecule has 0 bridgehead atoms. The van der Waals surface area contributed by atoms with Crippen molar-refractivity contribution >= 4 is 65.0 Å². The zero-order valence-corrected chi connectivity index (χ0v) is 54.3. The molecule has 1 aromatic carbocycles. The highest BCUT2D eigenvalue weighted by Crippen LogP contribution is 2.35. The molecule has 4 fully saturated rings. The van der Waals surface area contributed by atoms with Crippen molar-refractivity contribution in [2.75, 3.05) is 68.5 Å². The average molecular weight is 1270 g/mol. The van der Waals surface area contributed by atoms with Crippen LogP contribution in [0.1, 0.15) is 155 Å². The second kappa shape index (κ2) is 32.6. The first-order chi connectivity index (χ1) is 42.2. The van der Waals surface area contributed by atoms with Crippen molar-refractivity contribution in [2.24, 2.45) is 17.8 Å². The number of nitrogens with one attached hydrogen (secondary N) is 4. The van der Waals surface area contributed by atoms with Crippen molar-refractivity contribution in [2.45, 2.75) is 204 Å². The van der Waals surface area contributed by atoms with Crippen LogP contribution in [0.5, 0.6) is 0 Å². The van der Waals surface area contributed by atoms with E-state index in [1.807, 2.05) is 27.7 Å². The summed E-state index contributed by atoms with van der Waals surface area (Å²) in [6.45, 7) is 7.25. The lowest BCUT2D eigenvalue weighted by atomic mass is 9.84. The average Bonchev–Trinajstić information content (AvgIpc) is 2.02. The number of carbonyl (C=O) groups excluding carboxylic acids is 11. The number of carbonyl (C=O) groups is 11. The van der Waals surface area contributed by atoms with Gasteiger partial charge in [0.05, 0.1) is 25.2 Å². The molecule has 4 N–H and O–H groups in total. The molecule has 5 rings (SSSR count). The minimum atomic E-state index is -4.99. The van der Waals surface area contributed by atoms with Crippen LogP contribution in [0.4, 0.5) is 17.6 Å². The van der Waals surface area contributed by atoms with Gasteiger partial charge in [-0.3, -0.25) is 52.7 Å². The summed E-state index contributed by atoms with van der Waals surface area (Å²) in [7, 11) is 8.29. The first-order valence-electron chi connectivity index (χ1n) is 31.5. The Labute approximate surface area is 527 Å². The summed E-state index contributed by atoms with van der Waals surface area (Å²) in [5, 5.41) is 11.2. The number of alkyl halides is 3. The summed E-state index contributed by atoms with van der Waals surface area (Å²) in [6.07, 6.45) is 6.26. The zero-order valence-electron chi connectivity index (χ0n) is 54.3. The molecule has 1 aromatic rings. The minimum absolute atomic E-state index is 0.00484. The molecule has 0 unspecified atom stereocenters. The largest absolute Gasteiger partial charge is 0.419 e. The number of likely N-dealkylation sites (N-methyl/N-ethyl adjacent to an activating group) is 6. The van der Waals surface area contributed by atoms with E-state index in [0.717, 1.165) is 52.9 Å². The van der Waals surface area contributed by atoms with Gasteiger partial charge in [-0.15, -0.1) is 12.3 Å². The molecule has 2 saturated heterocycles. The fourth-order valence-corrected chi connectivity index (χ4v) is 12.7. The number of fused-ring (bicyclic) bond motifs is 1. The van der Waals surface area contributed by atoms with Crippen molar-refractivity contribution in [3.8, 4) is 12.3 Å². The number of hydrogen-bond acceptors (Lipinski definition) is 11. The van der Waals surface area contributed by atoms with Crippen molar-refractivity contribution in [3.63, 3.8) is 0 Å². The van der Waals surface area contributed by atoms with Gasteiger partial charge in [-0.25, -0.2) is 4.39 Å². The van der Waals surface area contributed by atoms with E-state index in [-0.39, 0.29) is 94.1 Å². The summed E-state index contributed by atoms with van der Waals surface area (Å²) in [5.74, 6) is -6.88. The number of halogens is 4. The first-order valence-corrected chi connectivity index (χ1v) is 31.5. The topological polar surface area (TPSA) is 259 Å². The Bertz CT molecular complexity index is 2820. The number of hydrogen-bond donors (Lipinski definition) is 4. The number of terminal acetylenes is 1. The number of aryl methyl sites for hydroxylation is 1. The van der Waals surface area contributed by atoms with Gasteiger partial charge < -0.3 is 55.6 Å². The molecule has 2 aliphatic heterocycles. The quantitative estimate of drug-likeness (QED) is 0.192. The molecule has 2 aliphatic carbocycles. The highest BCUT2D eigenvalue weighted by Gasteiger charge is 2.49. The number of amides is 11. The molecule has 0 radical (unpaired) electrons. The fourth-order valence-electron chi connectivity index (χ4n) is 12.7. The highest BCUT2D eigenvalue weighted by molar-refractivity contribution is 5.99. The maximum Gasteiger partial charge on any atom is 0.419 e. The summed E-state index contributed by atoms with van der Waals surface area (Å²) >= 11 is 0. The van der Waals surface area contributed by atoms with Crippen LogP contribution in [0.3, 0.4) is 0 Å². The molecular formula is C64H95F4N11O11. The lowest BCUT2D eigenvalue weighted by molar-refractivity contribution is -0.149. The third-order valence-corrected chi connectivity index (χ3v) is 17.9. The van der Waals surface area contributed by atoms with Crippen LogP contribution >= 0.6 is 0 Å². The van der Waals surface area contributed by atoms with Crippen LogP contribution < -0.4 is 21.3 Å². The van der Waals surface area contributed by atoms with Crippen LogP contribution in [-0.4, -0.2) is 216 Å². The maximum absolute atomic E-state index is 15.0. The van der Waals surface area contributed by atoms with Crippen molar-refractivity contribution in [1.82, 2.24) is 55.6 Å². The molecule has 0 aromatic heterocycles. The van der Waals surface area contributed by atoms with Crippen LogP contribution in [0.15, 0.2) is 18.2 Å². The predicted octanol–water partition coefficient (Wildman–Crippen LogP) is 4.02. The molecule has 500 valence electrons. The third-order valence-electron chi connectivity index (χ3n) is 17.9. The molecule has 2 saturated carbocycles. The van der Waals surface area contributed by atoms with Crippen molar-refractivity contribution in [1.29, 1.82) is 0 Å². The molecule has 11 amide bonds. The smallest absolute Gasteiger partial charge is 0.351 e. The van der Waals surface area contributed by atoms with Gasteiger partial charge in [0.1, 0.15) is 47.6 Å². The van der Waals surface area contributed by atoms with E-state index < -0.39 is 150 Å². The van der Waals surface area contributed by atoms with E-state index in [1.165, 1.54) is 61.9 Å². The van der Waals surface area contributed by atoms with Gasteiger partial charge in [-0.2, -0.15) is 13.2 Å². The van der Waals surface area contributed by atoms with Gasteiger partial charge in [-0.1, -0.05) is 78.7 Å². The SMILES string of the molecule is C#CC[C@@H]1NC(=O)[C@H](CC(C)C)N(C)C(=O)C[C@@H](C)NC(=O)[C@H](CC(C)C)N(C)C(=O)C2(CCCC2)NC(=O)[C@@H]2CCCN2C(=O)[C@H](CCc2ccc(C(F)(F)F)c(F)c2)NC(=O)CN(C)C(=O)[C@H](CC2CCCCC2)N(C)C(=O)CN(C)C(=O)CN(C)C1=O. The number of nitrogens with zero attached hydrogens (tertiary/aromatic N) is 7. The minimum Gasteiger partial charge on any atom is -0.351 e. The van der Waals surface area contributed by atoms with Gasteiger partial charge in [-0.05, 0) is 100 Å². The summed E-state index contributed by atoms with van der Waals surface area (Å²) in [6, 6.07) is -5.91. The molecule has 4 aliphatic rings. The Hall–Kier alpha value is -7.33. The Morgan fingerprint density at radius 1 is 0.633 bits per heavy atom. The lowest BCUT2D eigenvalue weighted by Gasteiger charge is -2.39. The van der Waals surface area contributed by atoms with Crippen molar-refractivity contribution in [3.05, 3.63) is 35.1 Å². The van der Waals surface area contributed by atoms with E-state index >= 15 is 4.79 Å². The molecular weight excluding hydrogens is 1170 g/mol. The molecule has 7 atom stereocenters. The van der Waals surface area contributed by atoms with Crippen LogP contribution in [0.25, 0.3) is 0 Å². The van der Waals surface area contributed by atoms with Gasteiger partial charge >= 0.3 is 6.18 Å². The lowest BCUT2D eigenvalue weighted by Crippen LogP contribution is -2.64. The molecule has 26 heteroatoms. The van der Waals surface area contributed by atoms with E-state index in [2.05, 4.69) is 27.2 Å². The molecule has 22 nitrogen and oxygen atoms in total. The van der Waals surface area contributed by atoms with Gasteiger partial charge in [0.15, 0.2) is 0 Å². The predicted molar refractivity (Wildman–Crippen MR) is 326 cm³/mol. The summed E-state index contributed by atoms with van der Waals surface area (Å²) in [4.78, 5) is 167. The van der Waals surface area contributed by atoms with E-state index in [4.69, 9.17) is 6.42 Å². The molecule has 90 heavy (non-hydrogen) atoms. The van der Waals surface area contributed by atoms with Crippen LogP contribution in [0, 0.1) is 35.9 Å². The fraction of sp³-hybridized carbons (Fsp3) is 0.703. The Kier molecular flexibility index (Phi) is 26.6. The van der Waals surface area contributed by atoms with Crippen LogP contribution in [0.2, 0.25) is 0 Å². The molecule has 2 heterocycles. The normalized spacial score (nSPS) is 25.8. The van der Waals surface area contributed by atoms with E-state index in [1.54, 1.807) is 6.92 Å². The maximum atomic E-state index is 15.0. The molecule has 1 spiro atoms. The second-order valence-electron chi connectivity index (χ2n) is 26.1. The summed E-state index contributed by atoms with van der Waals surface area (Å²) in [5.41, 5.74) is -2.96. The Morgan fingerprint density at radius 2 is 1.21 bits per heavy atom. The monoisotopic (exact) mass is 1270 g/mol. The van der Waals surface area contributed by atoms with Crippen molar-refractivity contribution < 1.29 is 70.3 Å². The Balaban J connectivity index is 1.54. The third kappa shape index (κ3) is 19.6. The number of rotatable bonds is 10. The Morgan fingerprint density at radius 3 is 1.80 bits per heavy atom. The summed E-state index contributed by atoms with van der Waals surface area (Å²) < 4.78 is 55.7. The highest BCUT2D eigenvalue weighted by atomic mass is 19.4. The van der Waals surface area contributed by atoms with Gasteiger partial charge in [0, 0.05) is 67.7 Å². The van der Waals surface area contributed by atoms with Crippen LogP contribution in [-0.2, 0) is 65.3 Å². The van der Waals surface area contributed by atoms with E-state index in [0.29, 0.717) is 31.4 Å². The number of benzene rings is 1. The standard InChI is InChI=1S/C64H95F4N11O11/c1-13-20-46-59(87)75(9)37-54(82)73(7)38-55(83)77(11)51(35-42-21-15-14-16-22-42)61(89)74(8)36-52(80)70-47(27-25-43-24-26-44(45(65)34-43)64(66,67)68)60(88)79-30-19-23-48(79)58(86)72-63(28-17-18-29-63)62(90)78(12)50(32-40(4)5)56(84)69-41(6)33-53(81)76(10)49(31-39(2)3)57(85)71-46/h1,24,26,34,39-42,46-51H,14-23,25,27-33,35-38H2,2-12H3,(H,69,84)(H,70,80)(H,71,85)(H,72,86)/t41-,46+,47+,48+,49+,50+,51+/m1/s1. The van der Waals surface area contributed by atoms with E-state index in [9.17, 15) is 65.5 Å². The zero-order chi connectivity index (χ0) is 67.1. The van der Waals surface area contributed by atoms with Gasteiger partial charge in [0.25, 0.3) is 0 Å². The second-order valence-corrected chi connectivity index (χ2v) is 26.1.